The molecule has 1 amide bonds. The zero-order valence-corrected chi connectivity index (χ0v) is 12.3. The Hall–Kier alpha value is -2.44. The number of carbonyl (C=O) groups is 1. The molecule has 0 atom stereocenters. The van der Waals surface area contributed by atoms with E-state index in [2.05, 4.69) is 5.32 Å². The van der Waals surface area contributed by atoms with Crippen molar-refractivity contribution in [1.29, 1.82) is 0 Å². The minimum Gasteiger partial charge on any atom is -0.484 e. The molecular formula is C17H16FNO4. The standard InChI is InChI=1S/C17H16FNO4/c18-13-2-1-3-15(10-13)23-11-16(20)19-14-6-4-12(5-7-14)17-21-8-9-22-17/h1-7,10,17H,8-9,11H2,(H,19,20). The molecule has 0 bridgehead atoms. The molecule has 1 aliphatic heterocycles. The van der Waals surface area contributed by atoms with E-state index in [1.807, 2.05) is 12.1 Å². The van der Waals surface area contributed by atoms with Gasteiger partial charge in [0.1, 0.15) is 11.6 Å². The van der Waals surface area contributed by atoms with Gasteiger partial charge in [-0.3, -0.25) is 4.79 Å². The van der Waals surface area contributed by atoms with E-state index in [4.69, 9.17) is 14.2 Å². The van der Waals surface area contributed by atoms with Crippen LogP contribution in [0.1, 0.15) is 11.9 Å². The molecule has 6 heteroatoms. The number of halogens is 1. The first-order chi connectivity index (χ1) is 11.2. The van der Waals surface area contributed by atoms with Gasteiger partial charge >= 0.3 is 0 Å². The van der Waals surface area contributed by atoms with Crippen LogP contribution in [-0.2, 0) is 14.3 Å². The molecule has 1 aliphatic rings. The molecule has 2 aromatic carbocycles. The molecule has 1 saturated heterocycles. The first-order valence-corrected chi connectivity index (χ1v) is 7.22. The fourth-order valence-corrected chi connectivity index (χ4v) is 2.18. The lowest BCUT2D eigenvalue weighted by molar-refractivity contribution is -0.118. The minimum atomic E-state index is -0.408. The van der Waals surface area contributed by atoms with Gasteiger partial charge in [0.25, 0.3) is 5.91 Å². The van der Waals surface area contributed by atoms with Crippen molar-refractivity contribution in [1.82, 2.24) is 0 Å². The molecule has 0 saturated carbocycles. The predicted octanol–water partition coefficient (Wildman–Crippen LogP) is 2.89. The molecule has 5 nitrogen and oxygen atoms in total. The Kier molecular flexibility index (Phi) is 4.85. The van der Waals surface area contributed by atoms with Gasteiger partial charge in [0.2, 0.25) is 0 Å². The number of hydrogen-bond donors (Lipinski definition) is 1. The highest BCUT2D eigenvalue weighted by Gasteiger charge is 2.17. The van der Waals surface area contributed by atoms with Crippen LogP contribution in [0.4, 0.5) is 10.1 Å². The Morgan fingerprint density at radius 2 is 1.91 bits per heavy atom. The number of benzene rings is 2. The summed E-state index contributed by atoms with van der Waals surface area (Å²) in [5.41, 5.74) is 1.54. The van der Waals surface area contributed by atoms with E-state index in [0.717, 1.165) is 5.56 Å². The van der Waals surface area contributed by atoms with E-state index >= 15 is 0 Å². The quantitative estimate of drug-likeness (QED) is 0.921. The zero-order valence-electron chi connectivity index (χ0n) is 12.3. The van der Waals surface area contributed by atoms with Gasteiger partial charge in [-0.25, -0.2) is 4.39 Å². The molecule has 1 N–H and O–H groups in total. The van der Waals surface area contributed by atoms with Gasteiger partial charge in [0.15, 0.2) is 12.9 Å². The Morgan fingerprint density at radius 3 is 2.61 bits per heavy atom. The van der Waals surface area contributed by atoms with E-state index < -0.39 is 5.82 Å². The summed E-state index contributed by atoms with van der Waals surface area (Å²) < 4.78 is 29.0. The first kappa shape index (κ1) is 15.5. The van der Waals surface area contributed by atoms with Crippen molar-refractivity contribution in [2.24, 2.45) is 0 Å². The molecule has 3 rings (SSSR count). The summed E-state index contributed by atoms with van der Waals surface area (Å²) in [5, 5.41) is 2.71. The number of anilines is 1. The van der Waals surface area contributed by atoms with E-state index in [9.17, 15) is 9.18 Å². The Labute approximate surface area is 133 Å². The zero-order chi connectivity index (χ0) is 16.1. The maximum atomic E-state index is 13.0. The van der Waals surface area contributed by atoms with Crippen molar-refractivity contribution in [3.05, 3.63) is 59.9 Å². The Balaban J connectivity index is 1.51. The number of hydrogen-bond acceptors (Lipinski definition) is 4. The third-order valence-corrected chi connectivity index (χ3v) is 3.25. The van der Waals surface area contributed by atoms with Gasteiger partial charge in [-0.15, -0.1) is 0 Å². The lowest BCUT2D eigenvalue weighted by Crippen LogP contribution is -2.20. The van der Waals surface area contributed by atoms with Gasteiger partial charge in [-0.2, -0.15) is 0 Å². The van der Waals surface area contributed by atoms with Crippen LogP contribution in [0, 0.1) is 5.82 Å². The second kappa shape index (κ2) is 7.21. The van der Waals surface area contributed by atoms with E-state index in [1.165, 1.54) is 18.2 Å². The maximum Gasteiger partial charge on any atom is 0.262 e. The largest absolute Gasteiger partial charge is 0.484 e. The third kappa shape index (κ3) is 4.28. The molecule has 1 heterocycles. The van der Waals surface area contributed by atoms with Crippen LogP contribution in [0.5, 0.6) is 5.75 Å². The predicted molar refractivity (Wildman–Crippen MR) is 81.6 cm³/mol. The van der Waals surface area contributed by atoms with Crippen LogP contribution in [-0.4, -0.2) is 25.7 Å². The summed E-state index contributed by atoms with van der Waals surface area (Å²) in [6.45, 7) is 0.973. The highest BCUT2D eigenvalue weighted by Crippen LogP contribution is 2.24. The van der Waals surface area contributed by atoms with Crippen LogP contribution in [0.3, 0.4) is 0 Å². The molecule has 0 spiro atoms. The fraction of sp³-hybridized carbons (Fsp3) is 0.235. The number of ether oxygens (including phenoxy) is 3. The normalized spacial score (nSPS) is 14.7. The average molecular weight is 317 g/mol. The summed E-state index contributed by atoms with van der Waals surface area (Å²) in [7, 11) is 0. The van der Waals surface area contributed by atoms with Crippen molar-refractivity contribution >= 4 is 11.6 Å². The SMILES string of the molecule is O=C(COc1cccc(F)c1)Nc1ccc(C2OCCO2)cc1. The van der Waals surface area contributed by atoms with Crippen molar-refractivity contribution in [2.75, 3.05) is 25.1 Å². The van der Waals surface area contributed by atoms with Gasteiger partial charge < -0.3 is 19.5 Å². The Morgan fingerprint density at radius 1 is 1.17 bits per heavy atom. The van der Waals surface area contributed by atoms with Crippen molar-refractivity contribution in [3.8, 4) is 5.75 Å². The summed E-state index contributed by atoms with van der Waals surface area (Å²) in [5.74, 6) is -0.420. The monoisotopic (exact) mass is 317 g/mol. The molecule has 120 valence electrons. The lowest BCUT2D eigenvalue weighted by atomic mass is 10.2. The number of amides is 1. The lowest BCUT2D eigenvalue weighted by Gasteiger charge is -2.11. The second-order valence-corrected chi connectivity index (χ2v) is 4.99. The van der Waals surface area contributed by atoms with Crippen LogP contribution in [0.2, 0.25) is 0 Å². The minimum absolute atomic E-state index is 0.194. The molecule has 1 fully saturated rings. The second-order valence-electron chi connectivity index (χ2n) is 4.99. The van der Waals surface area contributed by atoms with Crippen LogP contribution in [0.25, 0.3) is 0 Å². The first-order valence-electron chi connectivity index (χ1n) is 7.22. The highest BCUT2D eigenvalue weighted by atomic mass is 19.1. The third-order valence-electron chi connectivity index (χ3n) is 3.25. The highest BCUT2D eigenvalue weighted by molar-refractivity contribution is 5.91. The maximum absolute atomic E-state index is 13.0. The van der Waals surface area contributed by atoms with Crippen LogP contribution >= 0.6 is 0 Å². The van der Waals surface area contributed by atoms with Crippen molar-refractivity contribution < 1.29 is 23.4 Å². The molecular weight excluding hydrogens is 301 g/mol. The van der Waals surface area contributed by atoms with Gasteiger partial charge in [0, 0.05) is 17.3 Å². The van der Waals surface area contributed by atoms with Gasteiger partial charge in [-0.1, -0.05) is 18.2 Å². The molecule has 0 aliphatic carbocycles. The topological polar surface area (TPSA) is 56.8 Å². The molecule has 2 aromatic rings. The average Bonchev–Trinajstić information content (AvgIpc) is 3.08. The fourth-order valence-electron chi connectivity index (χ4n) is 2.18. The van der Waals surface area contributed by atoms with Crippen LogP contribution in [0.15, 0.2) is 48.5 Å². The summed E-state index contributed by atoms with van der Waals surface area (Å²) in [6, 6.07) is 12.8. The van der Waals surface area contributed by atoms with E-state index in [-0.39, 0.29) is 18.8 Å². The van der Waals surface area contributed by atoms with Crippen molar-refractivity contribution in [3.63, 3.8) is 0 Å². The van der Waals surface area contributed by atoms with Gasteiger partial charge in [-0.05, 0) is 24.3 Å². The van der Waals surface area contributed by atoms with E-state index in [0.29, 0.717) is 24.7 Å². The molecule has 23 heavy (non-hydrogen) atoms. The summed E-state index contributed by atoms with van der Waals surface area (Å²) >= 11 is 0. The van der Waals surface area contributed by atoms with Crippen molar-refractivity contribution in [2.45, 2.75) is 6.29 Å². The number of carbonyl (C=O) groups excluding carboxylic acids is 1. The number of nitrogens with one attached hydrogen (secondary N) is 1. The molecule has 0 aromatic heterocycles. The smallest absolute Gasteiger partial charge is 0.262 e. The number of rotatable bonds is 5. The summed E-state index contributed by atoms with van der Waals surface area (Å²) in [4.78, 5) is 11.8. The molecule has 0 radical (unpaired) electrons. The van der Waals surface area contributed by atoms with Gasteiger partial charge in [0.05, 0.1) is 13.2 Å². The Bertz CT molecular complexity index is 669. The van der Waals surface area contributed by atoms with E-state index in [1.54, 1.807) is 18.2 Å². The summed E-state index contributed by atoms with van der Waals surface area (Å²) in [6.07, 6.45) is -0.337. The molecule has 0 unspecified atom stereocenters. The van der Waals surface area contributed by atoms with Crippen LogP contribution < -0.4 is 10.1 Å².